The van der Waals surface area contributed by atoms with Gasteiger partial charge in [-0.3, -0.25) is 0 Å². The molecule has 0 amide bonds. The maximum Gasteiger partial charge on any atom is 0.319 e. The van der Waals surface area contributed by atoms with E-state index in [0.29, 0.717) is 23.8 Å². The molecule has 0 bridgehead atoms. The molecule has 3 aromatic heterocycles. The highest BCUT2D eigenvalue weighted by Crippen LogP contribution is 2.58. The first kappa shape index (κ1) is 19.4. The zero-order valence-electron chi connectivity index (χ0n) is 16.7. The van der Waals surface area contributed by atoms with Crippen LogP contribution in [-0.2, 0) is 0 Å². The van der Waals surface area contributed by atoms with E-state index in [0.717, 1.165) is 17.8 Å². The number of rotatable bonds is 7. The highest BCUT2D eigenvalue weighted by Gasteiger charge is 2.46. The minimum Gasteiger partial charge on any atom is -0.481 e. The summed E-state index contributed by atoms with van der Waals surface area (Å²) in [5.74, 6) is 1.56. The Morgan fingerprint density at radius 1 is 0.793 bits per heavy atom. The number of hydrogen-bond donors (Lipinski definition) is 0. The van der Waals surface area contributed by atoms with Gasteiger partial charge < -0.3 is 18.9 Å². The van der Waals surface area contributed by atoms with Crippen LogP contribution in [0.3, 0.4) is 0 Å². The van der Waals surface area contributed by atoms with Crippen LogP contribution in [-0.4, -0.2) is 48.4 Å². The summed E-state index contributed by atoms with van der Waals surface area (Å²) in [6.07, 6.45) is 0.868. The Bertz CT molecular complexity index is 877. The van der Waals surface area contributed by atoms with Crippen LogP contribution in [0.15, 0.2) is 29.0 Å². The molecule has 9 heteroatoms. The van der Waals surface area contributed by atoms with Gasteiger partial charge in [0.1, 0.15) is 0 Å². The zero-order valence-corrected chi connectivity index (χ0v) is 17.5. The standard InChI is InChI=1S/C20H22N4O4S/c1-25-16-8-14(21-19(23-16)27-3)12-7-13(18(12)11-5-6-29-10-11)15-9-17(26-2)24-20(22-15)28-4/h5-6,8-10,12-13,18H,7H2,1-4H3. The molecule has 0 aliphatic heterocycles. The smallest absolute Gasteiger partial charge is 0.319 e. The fourth-order valence-electron chi connectivity index (χ4n) is 3.80. The van der Waals surface area contributed by atoms with Crippen molar-refractivity contribution in [1.82, 2.24) is 19.9 Å². The lowest BCUT2D eigenvalue weighted by molar-refractivity contribution is 0.264. The Morgan fingerprint density at radius 2 is 1.34 bits per heavy atom. The Morgan fingerprint density at radius 3 is 1.76 bits per heavy atom. The first-order valence-electron chi connectivity index (χ1n) is 9.12. The molecule has 0 radical (unpaired) electrons. The largest absolute Gasteiger partial charge is 0.481 e. The van der Waals surface area contributed by atoms with Gasteiger partial charge in [0.05, 0.1) is 39.8 Å². The molecule has 1 aliphatic carbocycles. The molecule has 0 spiro atoms. The van der Waals surface area contributed by atoms with E-state index in [1.54, 1.807) is 39.8 Å². The summed E-state index contributed by atoms with van der Waals surface area (Å²) in [7, 11) is 6.28. The molecule has 1 aliphatic rings. The SMILES string of the molecule is COc1cc(C2CC(c3cc(OC)nc(OC)n3)C2c2ccsc2)nc(OC)n1. The molecule has 3 heterocycles. The van der Waals surface area contributed by atoms with Crippen molar-refractivity contribution in [1.29, 1.82) is 0 Å². The van der Waals surface area contributed by atoms with Gasteiger partial charge in [-0.1, -0.05) is 0 Å². The fraction of sp³-hybridized carbons (Fsp3) is 0.400. The fourth-order valence-corrected chi connectivity index (χ4v) is 4.51. The van der Waals surface area contributed by atoms with Crippen LogP contribution in [0.4, 0.5) is 0 Å². The lowest BCUT2D eigenvalue weighted by Gasteiger charge is -2.44. The molecule has 0 aromatic carbocycles. The van der Waals surface area contributed by atoms with Crippen LogP contribution in [0.2, 0.25) is 0 Å². The maximum atomic E-state index is 5.33. The van der Waals surface area contributed by atoms with E-state index in [-0.39, 0.29) is 17.8 Å². The van der Waals surface area contributed by atoms with E-state index < -0.39 is 0 Å². The van der Waals surface area contributed by atoms with Crippen molar-refractivity contribution in [2.45, 2.75) is 24.2 Å². The van der Waals surface area contributed by atoms with E-state index in [1.165, 1.54) is 5.56 Å². The van der Waals surface area contributed by atoms with Crippen LogP contribution in [0.1, 0.15) is 41.1 Å². The van der Waals surface area contributed by atoms with Crippen LogP contribution in [0.25, 0.3) is 0 Å². The van der Waals surface area contributed by atoms with Crippen molar-refractivity contribution in [2.75, 3.05) is 28.4 Å². The van der Waals surface area contributed by atoms with E-state index in [1.807, 2.05) is 12.1 Å². The Hall–Kier alpha value is -2.94. The molecule has 0 N–H and O–H groups in total. The summed E-state index contributed by atoms with van der Waals surface area (Å²) in [6, 6.07) is 6.52. The van der Waals surface area contributed by atoms with Crippen LogP contribution in [0.5, 0.6) is 23.8 Å². The summed E-state index contributed by atoms with van der Waals surface area (Å²) in [5.41, 5.74) is 3.05. The molecule has 2 atom stereocenters. The lowest BCUT2D eigenvalue weighted by atomic mass is 9.60. The van der Waals surface area contributed by atoms with Gasteiger partial charge in [-0.25, -0.2) is 0 Å². The third kappa shape index (κ3) is 3.69. The highest BCUT2D eigenvalue weighted by atomic mass is 32.1. The second kappa shape index (κ2) is 8.20. The Labute approximate surface area is 172 Å². The molecular formula is C20H22N4O4S. The van der Waals surface area contributed by atoms with Crippen molar-refractivity contribution < 1.29 is 18.9 Å². The van der Waals surface area contributed by atoms with Crippen molar-refractivity contribution in [3.05, 3.63) is 45.9 Å². The average molecular weight is 414 g/mol. The first-order chi connectivity index (χ1) is 14.2. The van der Waals surface area contributed by atoms with Gasteiger partial charge in [-0.2, -0.15) is 31.3 Å². The molecule has 29 heavy (non-hydrogen) atoms. The van der Waals surface area contributed by atoms with Crippen molar-refractivity contribution in [2.24, 2.45) is 0 Å². The van der Waals surface area contributed by atoms with Crippen LogP contribution in [0, 0.1) is 0 Å². The number of thiophene rings is 1. The van der Waals surface area contributed by atoms with E-state index in [9.17, 15) is 0 Å². The predicted octanol–water partition coefficient (Wildman–Crippen LogP) is 3.42. The summed E-state index contributed by atoms with van der Waals surface area (Å²) >= 11 is 1.68. The number of hydrogen-bond acceptors (Lipinski definition) is 9. The second-order valence-corrected chi connectivity index (χ2v) is 7.45. The molecule has 4 rings (SSSR count). The zero-order chi connectivity index (χ0) is 20.4. The number of methoxy groups -OCH3 is 4. The Balaban J connectivity index is 1.72. The van der Waals surface area contributed by atoms with Gasteiger partial charge >= 0.3 is 12.0 Å². The van der Waals surface area contributed by atoms with Crippen molar-refractivity contribution in [3.63, 3.8) is 0 Å². The molecule has 8 nitrogen and oxygen atoms in total. The lowest BCUT2D eigenvalue weighted by Crippen LogP contribution is -2.32. The van der Waals surface area contributed by atoms with Gasteiger partial charge in [0.2, 0.25) is 11.8 Å². The molecule has 1 fully saturated rings. The van der Waals surface area contributed by atoms with Crippen LogP contribution >= 0.6 is 11.3 Å². The van der Waals surface area contributed by atoms with Gasteiger partial charge in [0.25, 0.3) is 0 Å². The van der Waals surface area contributed by atoms with Gasteiger partial charge in [0, 0.05) is 29.9 Å². The van der Waals surface area contributed by atoms with Gasteiger partial charge in [0.15, 0.2) is 0 Å². The van der Waals surface area contributed by atoms with E-state index in [2.05, 4.69) is 36.8 Å². The average Bonchev–Trinajstić information content (AvgIpc) is 3.26. The summed E-state index contributed by atoms with van der Waals surface area (Å²) < 4.78 is 21.2. The molecule has 1 saturated carbocycles. The van der Waals surface area contributed by atoms with Crippen LogP contribution < -0.4 is 18.9 Å². The minimum absolute atomic E-state index is 0.187. The molecule has 0 saturated heterocycles. The predicted molar refractivity (Wildman–Crippen MR) is 107 cm³/mol. The first-order valence-corrected chi connectivity index (χ1v) is 10.1. The van der Waals surface area contributed by atoms with Gasteiger partial charge in [-0.15, -0.1) is 0 Å². The van der Waals surface area contributed by atoms with E-state index >= 15 is 0 Å². The number of nitrogens with zero attached hydrogens (tertiary/aromatic N) is 4. The third-order valence-corrected chi connectivity index (χ3v) is 5.95. The molecular weight excluding hydrogens is 392 g/mol. The molecule has 152 valence electrons. The minimum atomic E-state index is 0.187. The van der Waals surface area contributed by atoms with Crippen molar-refractivity contribution >= 4 is 11.3 Å². The summed E-state index contributed by atoms with van der Waals surface area (Å²) in [4.78, 5) is 17.6. The normalized spacial score (nSPS) is 20.6. The molecule has 2 unspecified atom stereocenters. The van der Waals surface area contributed by atoms with E-state index in [4.69, 9.17) is 18.9 Å². The highest BCUT2D eigenvalue weighted by molar-refractivity contribution is 7.08. The number of aromatic nitrogens is 4. The third-order valence-electron chi connectivity index (χ3n) is 5.25. The topological polar surface area (TPSA) is 88.5 Å². The summed E-state index contributed by atoms with van der Waals surface area (Å²) in [6.45, 7) is 0. The maximum absolute atomic E-state index is 5.33. The van der Waals surface area contributed by atoms with Gasteiger partial charge in [-0.05, 0) is 28.8 Å². The second-order valence-electron chi connectivity index (χ2n) is 6.67. The number of ether oxygens (including phenoxy) is 4. The Kier molecular flexibility index (Phi) is 5.48. The quantitative estimate of drug-likeness (QED) is 0.581. The summed E-state index contributed by atoms with van der Waals surface area (Å²) in [5, 5.41) is 4.26. The molecule has 3 aromatic rings. The van der Waals surface area contributed by atoms with Crippen molar-refractivity contribution in [3.8, 4) is 23.8 Å². The monoisotopic (exact) mass is 414 g/mol.